The zero-order valence-corrected chi connectivity index (χ0v) is 62.8. The summed E-state index contributed by atoms with van der Waals surface area (Å²) >= 11 is 0. The number of carboxylic acid groups (broad SMARTS) is 1. The first-order valence-corrected chi connectivity index (χ1v) is 35.5. The molecule has 0 saturated heterocycles. The van der Waals surface area contributed by atoms with Crippen LogP contribution in [0.5, 0.6) is 11.5 Å². The van der Waals surface area contributed by atoms with Gasteiger partial charge in [-0.25, -0.2) is 29.1 Å². The number of rotatable bonds is 19. The van der Waals surface area contributed by atoms with Crippen molar-refractivity contribution in [2.24, 2.45) is 10.3 Å². The Morgan fingerprint density at radius 3 is 1.20 bits per heavy atom. The van der Waals surface area contributed by atoms with E-state index in [0.29, 0.717) is 75.6 Å². The number of esters is 3. The topological polar surface area (TPSA) is 647 Å². The molecule has 123 heavy (non-hydrogen) atoms. The predicted octanol–water partition coefficient (Wildman–Crippen LogP) is 9.06. The molecule has 6 aliphatic rings. The van der Waals surface area contributed by atoms with E-state index in [0.717, 1.165) is 49.1 Å². The third kappa shape index (κ3) is 14.2. The van der Waals surface area contributed by atoms with Crippen LogP contribution in [0.15, 0.2) is 129 Å². The molecule has 4 radical (unpaired) electrons. The molecular weight excluding hydrogens is 1630 g/mol. The Morgan fingerprint density at radius 1 is 0.496 bits per heavy atom. The normalized spacial score (nSPS) is 15.7. The van der Waals surface area contributed by atoms with Gasteiger partial charge in [0.25, 0.3) is 56.6 Å². The van der Waals surface area contributed by atoms with Gasteiger partial charge in [-0.1, -0.05) is 24.2 Å². The van der Waals surface area contributed by atoms with E-state index < -0.39 is 201 Å². The molecule has 0 unspecified atom stereocenters. The first-order valence-electron chi connectivity index (χ1n) is 35.5. The van der Waals surface area contributed by atoms with Crippen LogP contribution in [0, 0.1) is 80.9 Å². The third-order valence-electron chi connectivity index (χ3n) is 20.5. The number of hydrogen-bond donors (Lipinski definition) is 2. The highest BCUT2D eigenvalue weighted by molar-refractivity contribution is 6.55. The molecule has 4 aliphatic heterocycles. The van der Waals surface area contributed by atoms with Crippen LogP contribution >= 0.6 is 0 Å². The van der Waals surface area contributed by atoms with Gasteiger partial charge in [-0.3, -0.25) is 100 Å². The minimum absolute atomic E-state index is 0.00722. The smallest absolute Gasteiger partial charge is 0.355 e. The Hall–Kier alpha value is -16.9. The number of carbonyl (C=O) groups is 6. The fourth-order valence-electron chi connectivity index (χ4n) is 14.8. The molecule has 0 fully saturated rings. The molecule has 10 aromatic rings. The molecule has 47 nitrogen and oxygen atoms in total. The van der Waals surface area contributed by atoms with E-state index in [1.54, 1.807) is 47.9 Å². The molecule has 0 saturated carbocycles. The second-order valence-electron chi connectivity index (χ2n) is 27.5. The minimum Gasteiger partial charge on any atom is -0.478 e. The molecule has 49 heteroatoms. The van der Waals surface area contributed by atoms with Crippen molar-refractivity contribution < 1.29 is 112 Å². The van der Waals surface area contributed by atoms with Crippen molar-refractivity contribution in [3.63, 3.8) is 0 Å². The number of cyclic esters (lactones) is 2. The highest BCUT2D eigenvalue weighted by Gasteiger charge is 2.53. The van der Waals surface area contributed by atoms with Gasteiger partial charge < -0.3 is 52.7 Å². The summed E-state index contributed by atoms with van der Waals surface area (Å²) in [7, 11) is 10.2. The average Bonchev–Trinajstić information content (AvgIpc) is 1.68. The number of non-ortho nitro benzene ring substituents is 4. The quantitative estimate of drug-likeness (QED) is 0.0250. The number of oxime groups is 2. The molecule has 0 bridgehead atoms. The molecule has 8 heterocycles. The van der Waals surface area contributed by atoms with Gasteiger partial charge in [0.1, 0.15) is 36.1 Å². The molecule has 16 rings (SSSR count). The molecule has 4 aromatic heterocycles. The lowest BCUT2D eigenvalue weighted by molar-refractivity contribution is -0.395. The number of pyridine rings is 4. The monoisotopic (exact) mass is 1680 g/mol. The zero-order chi connectivity index (χ0) is 88.9. The van der Waals surface area contributed by atoms with E-state index in [1.807, 2.05) is 6.07 Å². The lowest BCUT2D eigenvalue weighted by atomic mass is 9.85. The van der Waals surface area contributed by atoms with Gasteiger partial charge in [0.2, 0.25) is 45.2 Å². The first-order chi connectivity index (χ1) is 58.2. The average molecular weight is 1680 g/mol. The highest BCUT2D eigenvalue weighted by Crippen LogP contribution is 2.53. The van der Waals surface area contributed by atoms with E-state index in [4.69, 9.17) is 59.1 Å². The number of nitro groups is 8. The van der Waals surface area contributed by atoms with Crippen LogP contribution in [0.2, 0.25) is 0 Å². The van der Waals surface area contributed by atoms with Crippen molar-refractivity contribution in [1.82, 2.24) is 19.1 Å². The van der Waals surface area contributed by atoms with Crippen LogP contribution in [0.4, 0.5) is 55.1 Å². The number of nitro benzene ring substituents is 8. The summed E-state index contributed by atoms with van der Waals surface area (Å²) in [6, 6.07) is 21.8. The number of hydrogen-bond acceptors (Lipinski definition) is 36. The zero-order valence-electron chi connectivity index (χ0n) is 62.8. The first kappa shape index (κ1) is 82.6. The lowest BCUT2D eigenvalue weighted by Gasteiger charge is -2.36. The predicted molar refractivity (Wildman–Crippen MR) is 413 cm³/mol. The second kappa shape index (κ2) is 30.9. The summed E-state index contributed by atoms with van der Waals surface area (Å²) < 4.78 is 29.1. The lowest BCUT2D eigenvalue weighted by Crippen LogP contribution is -2.48. The molecule has 4 atom stereocenters. The molecule has 2 aliphatic carbocycles. The van der Waals surface area contributed by atoms with Gasteiger partial charge in [0.15, 0.2) is 5.60 Å². The summed E-state index contributed by atoms with van der Waals surface area (Å²) in [4.78, 5) is 205. The van der Waals surface area contributed by atoms with Crippen LogP contribution < -0.4 is 20.6 Å². The Labute approximate surface area is 681 Å². The van der Waals surface area contributed by atoms with Crippen LogP contribution in [0.25, 0.3) is 66.8 Å². The van der Waals surface area contributed by atoms with Gasteiger partial charge in [-0.2, -0.15) is 0 Å². The van der Waals surface area contributed by atoms with E-state index in [2.05, 4.69) is 15.3 Å². The number of aromatic nitrogens is 4. The van der Waals surface area contributed by atoms with Gasteiger partial charge in [0, 0.05) is 79.5 Å². The third-order valence-corrected chi connectivity index (χ3v) is 20.5. The van der Waals surface area contributed by atoms with Crippen LogP contribution in [0.3, 0.4) is 0 Å². The summed E-state index contributed by atoms with van der Waals surface area (Å²) in [5, 5.41) is 122. The fourth-order valence-corrected chi connectivity index (χ4v) is 14.8. The maximum Gasteiger partial charge on any atom is 0.355 e. The Bertz CT molecular complexity index is 6660. The van der Waals surface area contributed by atoms with E-state index in [-0.39, 0.29) is 76.4 Å². The highest BCUT2D eigenvalue weighted by atomic mass is 16.7. The summed E-state index contributed by atoms with van der Waals surface area (Å²) in [5.74, 6) is -5.99. The van der Waals surface area contributed by atoms with Crippen molar-refractivity contribution in [2.45, 2.75) is 90.2 Å². The van der Waals surface area contributed by atoms with Gasteiger partial charge in [0.05, 0.1) is 144 Å². The van der Waals surface area contributed by atoms with E-state index in [9.17, 15) is 124 Å². The molecule has 0 spiro atoms. The van der Waals surface area contributed by atoms with Crippen LogP contribution in [0.1, 0.15) is 96.2 Å². The number of carboxylic acids is 1. The van der Waals surface area contributed by atoms with Crippen molar-refractivity contribution in [3.05, 3.63) is 266 Å². The minimum atomic E-state index is -2.24. The Morgan fingerprint density at radius 2 is 0.854 bits per heavy atom. The maximum absolute atomic E-state index is 14.0. The SMILES string of the molecule is C[C@H](ON=C1c2cc([N+](=O)[O-])cc([N+](=O)[O-])c2-c2c1cc([N+](=O)[O-])cc2[N+](=O)[O-])C(=O)O.[B]C(=O)Oc1ccc2nc3c(cc2c1)Cn1c-3cc2c(c1=O)COC(=O)[C@@]2(CC)OC(=O)[C@H](C)ON=C1c2cc([N+](=O)[O-])cc([N+](=O)[O-])c2-c2c1cc([N+](=O)[O-])cc2[N+](=O)[O-].[B]C(=O)Oc1ccc2nc3c(cc2c1)Cn1c-3cc2c(c1=O)COC(=O)[C@]2(O)CC. The largest absolute Gasteiger partial charge is 0.478 e. The molecule has 0 amide bonds. The number of aliphatic carboxylic acids is 1. The van der Waals surface area contributed by atoms with Crippen molar-refractivity contribution in [3.8, 4) is 56.5 Å². The summed E-state index contributed by atoms with van der Waals surface area (Å²) in [5.41, 5.74) is -11.7. The number of benzene rings is 6. The van der Waals surface area contributed by atoms with Crippen LogP contribution in [-0.4, -0.2) is 144 Å². The number of nitrogens with zero attached hydrogens (tertiary/aromatic N) is 14. The van der Waals surface area contributed by atoms with Gasteiger partial charge in [-0.05, 0) is 87.4 Å². The van der Waals surface area contributed by atoms with Gasteiger partial charge >= 0.3 is 23.9 Å². The Balaban J connectivity index is 0.000000166. The number of fused-ring (bicyclic) bond motifs is 16. The maximum atomic E-state index is 14.0. The van der Waals surface area contributed by atoms with Crippen molar-refractivity contribution >= 4 is 130 Å². The number of carbonyl (C=O) groups excluding carboxylic acids is 5. The molecule has 616 valence electrons. The van der Waals surface area contributed by atoms with Gasteiger partial charge in [-0.15, -0.1) is 0 Å². The van der Waals surface area contributed by atoms with E-state index in [1.165, 1.54) is 29.7 Å². The van der Waals surface area contributed by atoms with E-state index >= 15 is 0 Å². The molecule has 2 N–H and O–H groups in total. The standard InChI is InChI=1S/C37H22BN7O16.C21H15BN2O6.C16H9N5O11/c1-3-37(24-12-28-31-17(13-41(28)33(46)23(24)14-58-35(37)48)6-16-7-20(59-36(38)49)4-5-25(16)39-31)60-34(47)15(2)61-40-32-21-8-18(42(50)51)10-26(44(54)55)29(21)30-22(32)9-19(43(52)53)11-27(30)45(56)57;1-2-21(28)14-7-16-17-11(8-24(16)18(25)13(14)9-29-19(21)26)5-10-6-12(30-20(22)27)3-4-15(10)23-17;1-6(16(22)23)32-17-15-9-2-7(18(24)25)4-11(20(28)29)13(9)14-10(15)3-8(19(26)27)5-12(14)21(30)31/h4-12,15H,3,13-14H2,1-2H3;3-7,28H,2,8-9H2,1H3;2-6H,1H3,(H,22,23)/t15-,37-;21-;6-/m000/s1. The summed E-state index contributed by atoms with van der Waals surface area (Å²) in [6.45, 7) is 5.04. The Kier molecular flexibility index (Phi) is 20.7. The van der Waals surface area contributed by atoms with Crippen LogP contribution in [-0.2, 0) is 80.6 Å². The van der Waals surface area contributed by atoms with Crippen molar-refractivity contribution in [2.75, 3.05) is 0 Å². The number of ether oxygens (including phenoxy) is 5. The van der Waals surface area contributed by atoms with Crippen molar-refractivity contribution in [1.29, 1.82) is 0 Å². The molecule has 6 aromatic carbocycles. The number of aliphatic hydroxyl groups is 1. The summed E-state index contributed by atoms with van der Waals surface area (Å²) in [6.07, 6.45) is -3.51. The second-order valence-corrected chi connectivity index (χ2v) is 27.5. The molecular formula is C74H46B2N14O33. The fraction of sp³-hybridized carbons (Fsp3) is 0.189.